The molecule has 0 spiro atoms. The van der Waals surface area contributed by atoms with E-state index in [1.165, 1.54) is 53.2 Å². The van der Waals surface area contributed by atoms with Crippen molar-refractivity contribution in [2.45, 2.75) is 161 Å². The van der Waals surface area contributed by atoms with Gasteiger partial charge in [-0.25, -0.2) is 33.6 Å². The van der Waals surface area contributed by atoms with Crippen LogP contribution in [0, 0.1) is 32.5 Å². The molecule has 0 unspecified atom stereocenters. The molecule has 137 heavy (non-hydrogen) atoms. The number of carbonyl (C=O) groups is 9. The average molecular weight is 1910 g/mol. The predicted octanol–water partition coefficient (Wildman–Crippen LogP) is 15.9. The van der Waals surface area contributed by atoms with Gasteiger partial charge in [0.25, 0.3) is 11.8 Å². The number of ether oxygens (including phenoxy) is 5. The Labute approximate surface area is 837 Å². The van der Waals surface area contributed by atoms with Gasteiger partial charge in [-0.3, -0.25) is 9.59 Å². The van der Waals surface area contributed by atoms with E-state index in [1.807, 2.05) is 192 Å². The minimum Gasteiger partial charge on any atom is -0.870 e. The normalized spacial score (nSPS) is 20.7. The van der Waals surface area contributed by atoms with E-state index in [1.54, 1.807) is 45.0 Å². The topological polar surface area (TPSA) is 328 Å². The van der Waals surface area contributed by atoms with Gasteiger partial charge in [-0.2, -0.15) is 0 Å². The number of hydrogen-bond donors (Lipinski definition) is 4. The number of anilines is 3. The molecule has 0 radical (unpaired) electrons. The molecule has 6 heterocycles. The first-order valence-corrected chi connectivity index (χ1v) is 46.5. The number of benzene rings is 6. The van der Waals surface area contributed by atoms with Crippen LogP contribution in [0.15, 0.2) is 199 Å². The van der Waals surface area contributed by atoms with E-state index in [-0.39, 0.29) is 133 Å². The number of allylic oxidation sites excluding steroid dienone is 6. The van der Waals surface area contributed by atoms with Gasteiger partial charge in [0.1, 0.15) is 16.8 Å². The van der Waals surface area contributed by atoms with Crippen molar-refractivity contribution in [1.82, 2.24) is 29.8 Å². The fourth-order valence-electron chi connectivity index (χ4n) is 20.5. The number of methoxy groups -OCH3 is 2. The molecule has 29 heteroatoms. The Morgan fingerprint density at radius 1 is 0.350 bits per heavy atom. The number of aliphatic hydroxyl groups is 1. The molecule has 0 bridgehead atoms. The maximum absolute atomic E-state index is 14.1. The molecule has 3 aliphatic carbocycles. The van der Waals surface area contributed by atoms with Crippen LogP contribution in [0.2, 0.25) is 0 Å². The number of nitrogens with zero attached hydrogens (tertiary/aromatic N) is 8. The smallest absolute Gasteiger partial charge is 0.870 e. The summed E-state index contributed by atoms with van der Waals surface area (Å²) in [5.74, 6) is -2.46. The number of amides is 5. The van der Waals surface area contributed by atoms with Crippen molar-refractivity contribution < 1.29 is 117 Å². The molecule has 15 rings (SSSR count). The zero-order chi connectivity index (χ0) is 98.0. The number of piperazine rings is 3. The first-order valence-electron chi connectivity index (χ1n) is 46.5. The number of halogens is 1. The molecule has 27 nitrogen and oxygen atoms in total. The number of carbonyl (C=O) groups excluding carboxylic acids is 7. The van der Waals surface area contributed by atoms with Crippen LogP contribution in [0.4, 0.5) is 31.4 Å². The second-order valence-corrected chi connectivity index (χ2v) is 41.1. The van der Waals surface area contributed by atoms with Crippen LogP contribution >= 0.6 is 12.4 Å². The van der Waals surface area contributed by atoms with Crippen molar-refractivity contribution in [3.05, 3.63) is 249 Å². The summed E-state index contributed by atoms with van der Waals surface area (Å²) < 4.78 is 26.1. The summed E-state index contributed by atoms with van der Waals surface area (Å²) in [4.78, 5) is 127. The summed E-state index contributed by atoms with van der Waals surface area (Å²) in [5, 5.41) is 29.0. The summed E-state index contributed by atoms with van der Waals surface area (Å²) in [6, 6.07) is 45.0. The Morgan fingerprint density at radius 2 is 0.628 bits per heavy atom. The van der Waals surface area contributed by atoms with E-state index in [4.69, 9.17) is 28.8 Å². The van der Waals surface area contributed by atoms with Crippen molar-refractivity contribution in [3.8, 4) is 0 Å². The number of para-hydroxylation sites is 3. The van der Waals surface area contributed by atoms with Gasteiger partial charge in [0.15, 0.2) is 0 Å². The van der Waals surface area contributed by atoms with Crippen LogP contribution < -0.4 is 49.6 Å². The largest absolute Gasteiger partial charge is 1.00 e. The zero-order valence-electron chi connectivity index (χ0n) is 84.2. The van der Waals surface area contributed by atoms with E-state index in [0.717, 1.165) is 62.0 Å². The van der Waals surface area contributed by atoms with Crippen LogP contribution in [0.3, 0.4) is 0 Å². The molecule has 6 aliphatic heterocycles. The van der Waals surface area contributed by atoms with Gasteiger partial charge >= 0.3 is 71.7 Å². The summed E-state index contributed by atoms with van der Waals surface area (Å²) in [5.41, 5.74) is 14.5. The second kappa shape index (κ2) is 45.7. The molecule has 3 atom stereocenters. The maximum Gasteiger partial charge on any atom is 1.00 e. The van der Waals surface area contributed by atoms with E-state index in [0.29, 0.717) is 133 Å². The second-order valence-electron chi connectivity index (χ2n) is 41.1. The van der Waals surface area contributed by atoms with Crippen molar-refractivity contribution in [1.29, 1.82) is 0 Å². The molecule has 0 aromatic heterocycles. The third-order valence-corrected chi connectivity index (χ3v) is 26.8. The molecule has 5 amide bonds. The summed E-state index contributed by atoms with van der Waals surface area (Å²) in [6.07, 6.45) is 15.5. The van der Waals surface area contributed by atoms with Gasteiger partial charge < -0.3 is 89.0 Å². The molecule has 5 N–H and O–H groups in total. The minimum absolute atomic E-state index is 0. The van der Waals surface area contributed by atoms with Gasteiger partial charge in [0.05, 0.1) is 53.3 Å². The van der Waals surface area contributed by atoms with Crippen LogP contribution in [0.5, 0.6) is 0 Å². The van der Waals surface area contributed by atoms with E-state index < -0.39 is 28.7 Å². The fraction of sp³-hybridized carbons (Fsp3) is 0.472. The molecular formula is C108H141ClN9NaO18. The van der Waals surface area contributed by atoms with Gasteiger partial charge in [-0.15, -0.1) is 12.4 Å². The Kier molecular flexibility index (Phi) is 37.1. The molecule has 3 saturated heterocycles. The van der Waals surface area contributed by atoms with Gasteiger partial charge in [-0.05, 0) is 188 Å². The van der Waals surface area contributed by atoms with Gasteiger partial charge in [-0.1, -0.05) is 188 Å². The van der Waals surface area contributed by atoms with E-state index >= 15 is 0 Å². The Hall–Kier alpha value is -11.0. The average Bonchev–Trinajstić information content (AvgIpc) is 0.820. The van der Waals surface area contributed by atoms with E-state index in [2.05, 4.69) is 114 Å². The number of rotatable bonds is 12. The van der Waals surface area contributed by atoms with E-state index in [9.17, 15) is 53.4 Å². The predicted molar refractivity (Wildman–Crippen MR) is 535 cm³/mol. The zero-order valence-corrected chi connectivity index (χ0v) is 87.0. The molecule has 0 saturated carbocycles. The SMILES string of the molecule is CC(C)(C)OC(=O)N1CCN(c2ccccc2C(=O)N2CC=C3C(C)(C)C(c4ccc(C(=O)O)cc4)=CC[C@]3(C)C2)CC1.CC(C)(C)OC(=O)N1CCN(c2ccccc2C(=O)O)CC1.CO.COC(=O)c1ccc(C2=CC[C@]3(C)CN(C(=O)c4ccccc4N4CCN(C(=O)OC(C)(C)C)CC4)CC=C3C2(C)C)cc1.COC(=O)c1ccc(C2=CC[C@]3(C)CNCC=C3C2(C)C)cc1.Cl.[Na+].[OH-]. The maximum atomic E-state index is 14.1. The third-order valence-electron chi connectivity index (χ3n) is 26.8. The summed E-state index contributed by atoms with van der Waals surface area (Å²) in [7, 11) is 3.80. The summed E-state index contributed by atoms with van der Waals surface area (Å²) >= 11 is 0. The Morgan fingerprint density at radius 3 is 0.920 bits per heavy atom. The number of esters is 2. The number of carboxylic acids is 2. The standard InChI is InChI=1S/C36H45N3O5.C35H43N3O5.C20H25NO2.C16H22N2O4.CH4O.ClH.Na.H2O/c1-34(2,3)44-33(42)38-22-20-37(21-23-38)29-11-9-8-10-27(29)31(40)39-19-17-30-35(4,5)28(16-18-36(30,6)24-39)25-12-14-26(15-13-25)32(41)43-7;1-33(2,3)43-32(42)37-21-19-36(20-22-37)28-10-8-7-9-26(28)30(39)38-18-16-29-34(4,5)27(15-17-35(29,6)23-38)24-11-13-25(14-12-24)31(40)41;1-19(2)16(9-11-20(3)13-21-12-10-17(19)20)14-5-7-15(8-6-14)18(22)23-4;1-16(2,3)22-15(21)18-10-8-17(9-11-18)13-7-5-4-6-12(13)14(19)20;1-2;;;/h8-17H,18-24H2,1-7H3;7-16H,17-23H2,1-6H3,(H,40,41);5-10,21H,11-13H2,1-4H3;4-7H,8-11H2,1-3H3,(H,19,20);2H,1H3;1H;;1H2/q;;;;;;+1;/p-1/t36-;35-;20-;;;;;/m111...../s1. The Bertz CT molecular complexity index is 5520. The van der Waals surface area contributed by atoms with Crippen molar-refractivity contribution in [2.75, 3.05) is 154 Å². The number of fused-ring (bicyclic) bond motifs is 3. The van der Waals surface area contributed by atoms with Crippen LogP contribution in [-0.4, -0.2) is 255 Å². The number of aliphatic hydroxyl groups excluding tert-OH is 1. The number of nitrogens with one attached hydrogen (secondary N) is 1. The quantitative estimate of drug-likeness (QED) is 0.0383. The first-order chi connectivity index (χ1) is 63.1. The first kappa shape index (κ1) is 111. The molecule has 734 valence electrons. The minimum atomic E-state index is -0.940. The molecular weight excluding hydrogens is 1770 g/mol. The number of carboxylic acid groups (broad SMARTS) is 2. The molecule has 9 aliphatic rings. The van der Waals surface area contributed by atoms with Gasteiger partial charge in [0.2, 0.25) is 0 Å². The van der Waals surface area contributed by atoms with Crippen molar-refractivity contribution in [2.24, 2.45) is 32.5 Å². The van der Waals surface area contributed by atoms with Crippen LogP contribution in [0.25, 0.3) is 16.7 Å². The summed E-state index contributed by atoms with van der Waals surface area (Å²) in [6.45, 7) is 48.3. The third kappa shape index (κ3) is 26.1. The van der Waals surface area contributed by atoms with Crippen LogP contribution in [0.1, 0.15) is 223 Å². The number of aromatic carboxylic acids is 2. The van der Waals surface area contributed by atoms with Crippen molar-refractivity contribution in [3.63, 3.8) is 0 Å². The van der Waals surface area contributed by atoms with Crippen molar-refractivity contribution >= 4 is 100 Å². The van der Waals surface area contributed by atoms with Crippen LogP contribution in [-0.2, 0) is 23.7 Å². The fourth-order valence-corrected chi connectivity index (χ4v) is 20.5. The number of hydrogen-bond acceptors (Lipinski definition) is 20. The monoisotopic (exact) mass is 1910 g/mol. The molecule has 6 aromatic rings. The Balaban J connectivity index is 0.000000231. The molecule has 3 fully saturated rings. The van der Waals surface area contributed by atoms with Gasteiger partial charge in [0, 0.05) is 169 Å². The molecule has 6 aromatic carbocycles.